The molecule has 0 saturated carbocycles. The van der Waals surface area contributed by atoms with Gasteiger partial charge in [0.15, 0.2) is 0 Å². The first-order valence-electron chi connectivity index (χ1n) is 5.93. The van der Waals surface area contributed by atoms with Crippen molar-refractivity contribution in [2.75, 3.05) is 0 Å². The molecule has 18 heavy (non-hydrogen) atoms. The van der Waals surface area contributed by atoms with Gasteiger partial charge in [0.25, 0.3) is 0 Å². The molecule has 0 bridgehead atoms. The number of hydrogen-bond acceptors (Lipinski definition) is 2. The van der Waals surface area contributed by atoms with E-state index < -0.39 is 17.9 Å². The number of hydrogen-bond donors (Lipinski definition) is 0. The number of aryl methyl sites for hydroxylation is 1. The zero-order valence-electron chi connectivity index (χ0n) is 11.6. The highest BCUT2D eigenvalue weighted by molar-refractivity contribution is 7.97. The van der Waals surface area contributed by atoms with Crippen molar-refractivity contribution in [3.8, 4) is 0 Å². The fourth-order valence-corrected chi connectivity index (χ4v) is 6.82. The van der Waals surface area contributed by atoms with Crippen molar-refractivity contribution >= 4 is 17.9 Å². The number of allylic oxidation sites excluding steroid dienone is 1. The van der Waals surface area contributed by atoms with Crippen LogP contribution in [-0.2, 0) is 9.84 Å². The number of sulfone groups is 1. The lowest BCUT2D eigenvalue weighted by molar-refractivity contribution is 0.603. The van der Waals surface area contributed by atoms with Crippen LogP contribution < -0.4 is 0 Å². The Labute approximate surface area is 111 Å². The van der Waals surface area contributed by atoms with Gasteiger partial charge in [-0.25, -0.2) is 8.42 Å². The molecule has 0 fully saturated rings. The molecule has 2 nitrogen and oxygen atoms in total. The Kier molecular flexibility index (Phi) is 4.38. The average Bonchev–Trinajstić information content (AvgIpc) is 2.24. The van der Waals surface area contributed by atoms with Crippen LogP contribution in [0.4, 0.5) is 0 Å². The second-order valence-electron chi connectivity index (χ2n) is 5.33. The van der Waals surface area contributed by atoms with Crippen molar-refractivity contribution < 1.29 is 8.42 Å². The fraction of sp³-hybridized carbons (Fsp3) is 0.357. The van der Waals surface area contributed by atoms with E-state index in [2.05, 4.69) is 5.73 Å². The largest absolute Gasteiger partial charge is 0.219 e. The third-order valence-corrected chi connectivity index (χ3v) is 8.25. The van der Waals surface area contributed by atoms with Gasteiger partial charge in [0.2, 0.25) is 9.84 Å². The Morgan fingerprint density at radius 3 is 2.06 bits per heavy atom. The summed E-state index contributed by atoms with van der Waals surface area (Å²) in [5.74, 6) is 0. The quantitative estimate of drug-likeness (QED) is 0.625. The van der Waals surface area contributed by atoms with Gasteiger partial charge in [-0.1, -0.05) is 37.3 Å². The van der Waals surface area contributed by atoms with Gasteiger partial charge < -0.3 is 0 Å². The maximum absolute atomic E-state index is 12.6. The molecule has 0 aliphatic rings. The van der Waals surface area contributed by atoms with E-state index in [0.29, 0.717) is 9.42 Å². The fourth-order valence-electron chi connectivity index (χ4n) is 1.66. The lowest BCUT2D eigenvalue weighted by Gasteiger charge is -2.19. The third kappa shape index (κ3) is 3.22. The molecule has 0 heterocycles. The predicted molar refractivity (Wildman–Crippen MR) is 79.0 cm³/mol. The highest BCUT2D eigenvalue weighted by Gasteiger charge is 2.32. The van der Waals surface area contributed by atoms with E-state index in [9.17, 15) is 8.42 Å². The van der Waals surface area contributed by atoms with E-state index >= 15 is 0 Å². The maximum Gasteiger partial charge on any atom is 0.205 e. The summed E-state index contributed by atoms with van der Waals surface area (Å²) in [6.45, 7) is 9.79. The van der Waals surface area contributed by atoms with Crippen LogP contribution in [0.15, 0.2) is 45.5 Å². The SMILES string of the molecule is CC=C=C([Si](C)(C)C)S(=O)(=O)c1ccc(C)cc1. The molecule has 1 aromatic carbocycles. The minimum absolute atomic E-state index is 0.361. The lowest BCUT2D eigenvalue weighted by Crippen LogP contribution is -2.29. The zero-order valence-corrected chi connectivity index (χ0v) is 13.4. The summed E-state index contributed by atoms with van der Waals surface area (Å²) in [5.41, 5.74) is 4.00. The molecule has 0 unspecified atom stereocenters. The molecule has 0 amide bonds. The maximum atomic E-state index is 12.6. The Balaban J connectivity index is 3.46. The first-order chi connectivity index (χ1) is 8.19. The van der Waals surface area contributed by atoms with Crippen LogP contribution in [0, 0.1) is 6.92 Å². The van der Waals surface area contributed by atoms with Crippen molar-refractivity contribution in [3.05, 3.63) is 46.2 Å². The van der Waals surface area contributed by atoms with E-state index in [1.807, 2.05) is 38.7 Å². The number of benzene rings is 1. The molecular weight excluding hydrogens is 260 g/mol. The summed E-state index contributed by atoms with van der Waals surface area (Å²) >= 11 is 0. The zero-order chi connectivity index (χ0) is 14.0. The van der Waals surface area contributed by atoms with Gasteiger partial charge in [0, 0.05) is 0 Å². The van der Waals surface area contributed by atoms with Gasteiger partial charge in [0.05, 0.1) is 9.42 Å². The van der Waals surface area contributed by atoms with Crippen molar-refractivity contribution in [1.29, 1.82) is 0 Å². The first-order valence-corrected chi connectivity index (χ1v) is 10.9. The standard InChI is InChI=1S/C14H20O2SSi/c1-6-7-14(18(3,4)5)17(15,16)13-10-8-12(2)9-11-13/h6,8-11H,1-5H3. The Bertz CT molecular complexity index is 584. The lowest BCUT2D eigenvalue weighted by atomic mass is 10.2. The smallest absolute Gasteiger partial charge is 0.205 e. The van der Waals surface area contributed by atoms with Crippen LogP contribution in [0.25, 0.3) is 0 Å². The molecule has 98 valence electrons. The van der Waals surface area contributed by atoms with E-state index in [1.165, 1.54) is 0 Å². The van der Waals surface area contributed by atoms with Crippen LogP contribution in [0.5, 0.6) is 0 Å². The van der Waals surface area contributed by atoms with Crippen molar-refractivity contribution in [1.82, 2.24) is 0 Å². The van der Waals surface area contributed by atoms with E-state index in [0.717, 1.165) is 5.56 Å². The van der Waals surface area contributed by atoms with Gasteiger partial charge in [-0.15, -0.1) is 5.73 Å². The molecule has 0 spiro atoms. The van der Waals surface area contributed by atoms with Gasteiger partial charge in [-0.05, 0) is 32.1 Å². The highest BCUT2D eigenvalue weighted by atomic mass is 32.2. The van der Waals surface area contributed by atoms with Crippen molar-refractivity contribution in [3.63, 3.8) is 0 Å². The summed E-state index contributed by atoms with van der Waals surface area (Å²) in [4.78, 5) is 0.361. The van der Waals surface area contributed by atoms with E-state index in [-0.39, 0.29) is 0 Å². The molecule has 1 rings (SSSR count). The molecule has 1 aromatic rings. The summed E-state index contributed by atoms with van der Waals surface area (Å²) in [6, 6.07) is 6.99. The minimum atomic E-state index is -3.40. The first kappa shape index (κ1) is 15.0. The van der Waals surface area contributed by atoms with Gasteiger partial charge in [-0.2, -0.15) is 0 Å². The van der Waals surface area contributed by atoms with Crippen LogP contribution in [0.2, 0.25) is 19.6 Å². The number of rotatable bonds is 3. The molecule has 0 aromatic heterocycles. The van der Waals surface area contributed by atoms with Gasteiger partial charge >= 0.3 is 0 Å². The molecule has 0 saturated heterocycles. The summed E-state index contributed by atoms with van der Waals surface area (Å²) in [7, 11) is -5.35. The molecule has 0 atom stereocenters. The summed E-state index contributed by atoms with van der Waals surface area (Å²) < 4.78 is 25.7. The van der Waals surface area contributed by atoms with Crippen LogP contribution in [-0.4, -0.2) is 16.5 Å². The van der Waals surface area contributed by atoms with Gasteiger partial charge in [0.1, 0.15) is 8.07 Å². The van der Waals surface area contributed by atoms with Gasteiger partial charge in [-0.3, -0.25) is 0 Å². The Hall–Kier alpha value is -1.09. The second kappa shape index (κ2) is 5.27. The Morgan fingerprint density at radius 1 is 1.17 bits per heavy atom. The second-order valence-corrected chi connectivity index (χ2v) is 12.6. The Morgan fingerprint density at radius 2 is 1.67 bits per heavy atom. The summed E-state index contributed by atoms with van der Waals surface area (Å²) in [6.07, 6.45) is 1.68. The third-order valence-electron chi connectivity index (χ3n) is 2.56. The molecule has 0 aliphatic carbocycles. The van der Waals surface area contributed by atoms with Crippen molar-refractivity contribution in [2.24, 2.45) is 0 Å². The van der Waals surface area contributed by atoms with Crippen LogP contribution in [0.3, 0.4) is 0 Å². The molecule has 0 N–H and O–H groups in total. The van der Waals surface area contributed by atoms with E-state index in [4.69, 9.17) is 0 Å². The molecule has 0 aliphatic heterocycles. The van der Waals surface area contributed by atoms with Crippen LogP contribution in [0.1, 0.15) is 12.5 Å². The monoisotopic (exact) mass is 280 g/mol. The molecular formula is C14H20O2SSi. The average molecular weight is 280 g/mol. The van der Waals surface area contributed by atoms with Crippen molar-refractivity contribution in [2.45, 2.75) is 38.4 Å². The predicted octanol–water partition coefficient (Wildman–Crippen LogP) is 3.71. The topological polar surface area (TPSA) is 34.1 Å². The normalized spacial score (nSPS) is 11.8. The molecule has 0 radical (unpaired) electrons. The molecule has 4 heteroatoms. The highest BCUT2D eigenvalue weighted by Crippen LogP contribution is 2.26. The van der Waals surface area contributed by atoms with E-state index in [1.54, 1.807) is 25.1 Å². The van der Waals surface area contributed by atoms with Crippen LogP contribution >= 0.6 is 0 Å². The minimum Gasteiger partial charge on any atom is -0.219 e. The summed E-state index contributed by atoms with van der Waals surface area (Å²) in [5, 5.41) is 0.